The van der Waals surface area contributed by atoms with Crippen molar-refractivity contribution in [3.05, 3.63) is 60.2 Å². The summed E-state index contributed by atoms with van der Waals surface area (Å²) in [5, 5.41) is 0. The van der Waals surface area contributed by atoms with E-state index in [1.807, 2.05) is 30.3 Å². The molecule has 1 aliphatic rings. The standard InChI is InChI=1S/C17H17NO2/c1-13(19)20-16-11-14-7-5-6-10-17(14)18(12-16)15-8-3-2-4-9-15/h2-10,16H,11-12H2,1H3. The summed E-state index contributed by atoms with van der Waals surface area (Å²) >= 11 is 0. The van der Waals surface area contributed by atoms with Crippen LogP contribution in [0.5, 0.6) is 0 Å². The molecule has 0 aromatic heterocycles. The smallest absolute Gasteiger partial charge is 0.302 e. The maximum atomic E-state index is 11.2. The van der Waals surface area contributed by atoms with Gasteiger partial charge in [-0.15, -0.1) is 0 Å². The first-order valence-corrected chi connectivity index (χ1v) is 6.82. The van der Waals surface area contributed by atoms with E-state index in [0.717, 1.165) is 12.1 Å². The summed E-state index contributed by atoms with van der Waals surface area (Å²) < 4.78 is 5.42. The highest BCUT2D eigenvalue weighted by Crippen LogP contribution is 2.33. The highest BCUT2D eigenvalue weighted by Gasteiger charge is 2.26. The number of anilines is 2. The second kappa shape index (κ2) is 5.37. The topological polar surface area (TPSA) is 29.5 Å². The predicted molar refractivity (Wildman–Crippen MR) is 79.1 cm³/mol. The van der Waals surface area contributed by atoms with Crippen molar-refractivity contribution in [1.29, 1.82) is 0 Å². The van der Waals surface area contributed by atoms with E-state index < -0.39 is 0 Å². The fourth-order valence-electron chi connectivity index (χ4n) is 2.72. The fourth-order valence-corrected chi connectivity index (χ4v) is 2.72. The third kappa shape index (κ3) is 2.52. The van der Waals surface area contributed by atoms with Crippen LogP contribution in [0.2, 0.25) is 0 Å². The maximum Gasteiger partial charge on any atom is 0.302 e. The van der Waals surface area contributed by atoms with Crippen molar-refractivity contribution in [2.75, 3.05) is 11.4 Å². The number of hydrogen-bond donors (Lipinski definition) is 0. The number of benzene rings is 2. The number of hydrogen-bond acceptors (Lipinski definition) is 3. The van der Waals surface area contributed by atoms with Crippen LogP contribution in [0.1, 0.15) is 12.5 Å². The molecule has 1 aliphatic heterocycles. The van der Waals surface area contributed by atoms with E-state index in [0.29, 0.717) is 6.54 Å². The van der Waals surface area contributed by atoms with Gasteiger partial charge in [0.15, 0.2) is 0 Å². The van der Waals surface area contributed by atoms with E-state index in [1.165, 1.54) is 18.2 Å². The van der Waals surface area contributed by atoms with Crippen molar-refractivity contribution in [3.8, 4) is 0 Å². The zero-order valence-corrected chi connectivity index (χ0v) is 11.5. The zero-order chi connectivity index (χ0) is 13.9. The van der Waals surface area contributed by atoms with Crippen LogP contribution in [0, 0.1) is 0 Å². The van der Waals surface area contributed by atoms with Crippen LogP contribution in [0.15, 0.2) is 54.6 Å². The molecule has 0 N–H and O–H groups in total. The van der Waals surface area contributed by atoms with E-state index in [4.69, 9.17) is 4.74 Å². The van der Waals surface area contributed by atoms with Gasteiger partial charge in [0.2, 0.25) is 0 Å². The van der Waals surface area contributed by atoms with Crippen molar-refractivity contribution in [2.24, 2.45) is 0 Å². The van der Waals surface area contributed by atoms with Gasteiger partial charge in [-0.25, -0.2) is 0 Å². The Morgan fingerprint density at radius 1 is 1.10 bits per heavy atom. The Balaban J connectivity index is 1.97. The molecule has 2 aromatic rings. The summed E-state index contributed by atoms with van der Waals surface area (Å²) in [6, 6.07) is 18.5. The highest BCUT2D eigenvalue weighted by molar-refractivity contribution is 5.70. The number of carbonyl (C=O) groups excluding carboxylic acids is 1. The van der Waals surface area contributed by atoms with Crippen molar-refractivity contribution < 1.29 is 9.53 Å². The van der Waals surface area contributed by atoms with Gasteiger partial charge in [-0.2, -0.15) is 0 Å². The van der Waals surface area contributed by atoms with Gasteiger partial charge in [0.25, 0.3) is 0 Å². The largest absolute Gasteiger partial charge is 0.460 e. The first kappa shape index (κ1) is 12.7. The van der Waals surface area contributed by atoms with Crippen molar-refractivity contribution in [1.82, 2.24) is 0 Å². The molecule has 1 heterocycles. The molecule has 3 rings (SSSR count). The second-order valence-electron chi connectivity index (χ2n) is 5.01. The van der Waals surface area contributed by atoms with Gasteiger partial charge in [-0.3, -0.25) is 4.79 Å². The molecular formula is C17H17NO2. The minimum atomic E-state index is -0.220. The minimum Gasteiger partial charge on any atom is -0.460 e. The van der Waals surface area contributed by atoms with Crippen LogP contribution in [0.3, 0.4) is 0 Å². The van der Waals surface area contributed by atoms with Crippen molar-refractivity contribution in [3.63, 3.8) is 0 Å². The van der Waals surface area contributed by atoms with E-state index in [2.05, 4.69) is 29.2 Å². The quantitative estimate of drug-likeness (QED) is 0.782. The molecule has 2 aromatic carbocycles. The van der Waals surface area contributed by atoms with Crippen LogP contribution in [-0.4, -0.2) is 18.6 Å². The molecule has 102 valence electrons. The van der Waals surface area contributed by atoms with Crippen LogP contribution < -0.4 is 4.90 Å². The lowest BCUT2D eigenvalue weighted by Crippen LogP contribution is -2.38. The van der Waals surface area contributed by atoms with Gasteiger partial charge in [0.05, 0.1) is 6.54 Å². The first-order valence-electron chi connectivity index (χ1n) is 6.82. The zero-order valence-electron chi connectivity index (χ0n) is 11.5. The lowest BCUT2D eigenvalue weighted by Gasteiger charge is -2.35. The van der Waals surface area contributed by atoms with Gasteiger partial charge in [-0.1, -0.05) is 36.4 Å². The lowest BCUT2D eigenvalue weighted by atomic mass is 9.99. The monoisotopic (exact) mass is 267 g/mol. The molecule has 0 fully saturated rings. The lowest BCUT2D eigenvalue weighted by molar-refractivity contribution is -0.145. The van der Waals surface area contributed by atoms with Crippen LogP contribution in [0.25, 0.3) is 0 Å². The summed E-state index contributed by atoms with van der Waals surface area (Å²) in [4.78, 5) is 13.4. The molecule has 3 heteroatoms. The van der Waals surface area contributed by atoms with E-state index in [-0.39, 0.29) is 12.1 Å². The van der Waals surface area contributed by atoms with Gasteiger partial charge >= 0.3 is 5.97 Å². The third-order valence-corrected chi connectivity index (χ3v) is 3.52. The number of carbonyl (C=O) groups is 1. The van der Waals surface area contributed by atoms with Crippen molar-refractivity contribution in [2.45, 2.75) is 19.4 Å². The van der Waals surface area contributed by atoms with Gasteiger partial charge < -0.3 is 9.64 Å². The Labute approximate surface area is 118 Å². The number of rotatable bonds is 2. The fraction of sp³-hybridized carbons (Fsp3) is 0.235. The van der Waals surface area contributed by atoms with Gasteiger partial charge in [0, 0.05) is 24.7 Å². The van der Waals surface area contributed by atoms with E-state index in [1.54, 1.807) is 0 Å². The molecule has 0 bridgehead atoms. The van der Waals surface area contributed by atoms with Crippen LogP contribution in [-0.2, 0) is 16.0 Å². The molecule has 0 amide bonds. The number of ether oxygens (including phenoxy) is 1. The molecule has 1 unspecified atom stereocenters. The van der Waals surface area contributed by atoms with Crippen LogP contribution >= 0.6 is 0 Å². The van der Waals surface area contributed by atoms with E-state index in [9.17, 15) is 4.79 Å². The molecular weight excluding hydrogens is 250 g/mol. The first-order chi connectivity index (χ1) is 9.74. The Bertz CT molecular complexity index is 609. The summed E-state index contributed by atoms with van der Waals surface area (Å²) in [5.41, 5.74) is 3.53. The Kier molecular flexibility index (Phi) is 3.42. The summed E-state index contributed by atoms with van der Waals surface area (Å²) in [6.45, 7) is 2.16. The maximum absolute atomic E-state index is 11.2. The number of fused-ring (bicyclic) bond motifs is 1. The predicted octanol–water partition coefficient (Wildman–Crippen LogP) is 3.31. The van der Waals surface area contributed by atoms with Gasteiger partial charge in [-0.05, 0) is 23.8 Å². The summed E-state index contributed by atoms with van der Waals surface area (Å²) in [6.07, 6.45) is 0.682. The SMILES string of the molecule is CC(=O)OC1Cc2ccccc2N(c2ccccc2)C1. The second-order valence-corrected chi connectivity index (χ2v) is 5.01. The molecule has 3 nitrogen and oxygen atoms in total. The Hall–Kier alpha value is -2.29. The summed E-state index contributed by atoms with van der Waals surface area (Å²) in [7, 11) is 0. The molecule has 0 spiro atoms. The number of nitrogens with zero attached hydrogens (tertiary/aromatic N) is 1. The minimum absolute atomic E-state index is 0.0948. The van der Waals surface area contributed by atoms with Crippen molar-refractivity contribution >= 4 is 17.3 Å². The number of esters is 1. The molecule has 20 heavy (non-hydrogen) atoms. The van der Waals surface area contributed by atoms with Crippen LogP contribution in [0.4, 0.5) is 11.4 Å². The number of para-hydroxylation sites is 2. The molecule has 0 saturated heterocycles. The Morgan fingerprint density at radius 3 is 2.55 bits per heavy atom. The summed E-state index contributed by atoms with van der Waals surface area (Å²) in [5.74, 6) is -0.220. The highest BCUT2D eigenvalue weighted by atomic mass is 16.5. The molecule has 0 radical (unpaired) electrons. The molecule has 0 aliphatic carbocycles. The average molecular weight is 267 g/mol. The average Bonchev–Trinajstić information content (AvgIpc) is 2.47. The Morgan fingerprint density at radius 2 is 1.80 bits per heavy atom. The third-order valence-electron chi connectivity index (χ3n) is 3.52. The molecule has 1 atom stereocenters. The van der Waals surface area contributed by atoms with E-state index >= 15 is 0 Å². The normalized spacial score (nSPS) is 17.4. The van der Waals surface area contributed by atoms with Gasteiger partial charge in [0.1, 0.15) is 6.10 Å². The molecule has 0 saturated carbocycles.